The van der Waals surface area contributed by atoms with Crippen molar-refractivity contribution >= 4 is 28.7 Å². The van der Waals surface area contributed by atoms with Crippen molar-refractivity contribution in [2.24, 2.45) is 7.05 Å². The zero-order valence-corrected chi connectivity index (χ0v) is 13.3. The van der Waals surface area contributed by atoms with Crippen LogP contribution in [0.4, 0.5) is 0 Å². The van der Waals surface area contributed by atoms with Crippen molar-refractivity contribution in [1.82, 2.24) is 14.9 Å². The molecule has 1 saturated carbocycles. The van der Waals surface area contributed by atoms with Gasteiger partial charge in [-0.25, -0.2) is 4.98 Å². The lowest BCUT2D eigenvalue weighted by molar-refractivity contribution is -0.120. The van der Waals surface area contributed by atoms with E-state index in [0.717, 1.165) is 29.0 Å². The lowest BCUT2D eigenvalue weighted by Gasteiger charge is -2.16. The van der Waals surface area contributed by atoms with Gasteiger partial charge in [0.15, 0.2) is 5.16 Å². The van der Waals surface area contributed by atoms with Crippen LogP contribution in [0, 0.1) is 0 Å². The Labute approximate surface area is 129 Å². The SMILES string of the molecule is CC(Sc1nc2ccccc2n1C)C(=O)NC1CCCC1. The van der Waals surface area contributed by atoms with Crippen LogP contribution < -0.4 is 5.32 Å². The first-order valence-electron chi connectivity index (χ1n) is 7.53. The summed E-state index contributed by atoms with van der Waals surface area (Å²) in [6.45, 7) is 1.95. The number of amides is 1. The monoisotopic (exact) mass is 303 g/mol. The van der Waals surface area contributed by atoms with Crippen LogP contribution in [0.1, 0.15) is 32.6 Å². The fraction of sp³-hybridized carbons (Fsp3) is 0.500. The number of fused-ring (bicyclic) bond motifs is 1. The van der Waals surface area contributed by atoms with Gasteiger partial charge in [-0.1, -0.05) is 36.7 Å². The Balaban J connectivity index is 1.69. The highest BCUT2D eigenvalue weighted by Gasteiger charge is 2.22. The molecule has 1 amide bonds. The third-order valence-electron chi connectivity index (χ3n) is 4.10. The molecule has 1 fully saturated rings. The second-order valence-corrected chi connectivity index (χ2v) is 7.00. The van der Waals surface area contributed by atoms with Crippen molar-refractivity contribution in [2.75, 3.05) is 0 Å². The van der Waals surface area contributed by atoms with Crippen LogP contribution in [0.25, 0.3) is 11.0 Å². The van der Waals surface area contributed by atoms with E-state index in [1.807, 2.05) is 32.2 Å². The molecule has 112 valence electrons. The maximum Gasteiger partial charge on any atom is 0.233 e. The van der Waals surface area contributed by atoms with E-state index in [0.29, 0.717) is 6.04 Å². The lowest BCUT2D eigenvalue weighted by Crippen LogP contribution is -2.37. The van der Waals surface area contributed by atoms with Crippen LogP contribution in [0.2, 0.25) is 0 Å². The molecular weight excluding hydrogens is 282 g/mol. The minimum Gasteiger partial charge on any atom is -0.352 e. The Kier molecular flexibility index (Phi) is 4.19. The van der Waals surface area contributed by atoms with Crippen molar-refractivity contribution in [3.63, 3.8) is 0 Å². The summed E-state index contributed by atoms with van der Waals surface area (Å²) in [7, 11) is 2.00. The summed E-state index contributed by atoms with van der Waals surface area (Å²) in [4.78, 5) is 16.9. The third-order valence-corrected chi connectivity index (χ3v) is 5.24. The third kappa shape index (κ3) is 3.07. The first kappa shape index (κ1) is 14.4. The van der Waals surface area contributed by atoms with Crippen molar-refractivity contribution in [3.8, 4) is 0 Å². The van der Waals surface area contributed by atoms with Gasteiger partial charge in [0.2, 0.25) is 5.91 Å². The molecule has 5 heteroatoms. The molecule has 3 rings (SSSR count). The Morgan fingerprint density at radius 3 is 2.81 bits per heavy atom. The maximum atomic E-state index is 12.3. The summed E-state index contributed by atoms with van der Waals surface area (Å²) in [6, 6.07) is 8.42. The van der Waals surface area contributed by atoms with Gasteiger partial charge in [-0.05, 0) is 31.9 Å². The Morgan fingerprint density at radius 1 is 1.38 bits per heavy atom. The molecule has 1 N–H and O–H groups in total. The summed E-state index contributed by atoms with van der Waals surface area (Å²) in [5, 5.41) is 3.93. The van der Waals surface area contributed by atoms with E-state index in [-0.39, 0.29) is 11.2 Å². The van der Waals surface area contributed by atoms with Crippen LogP contribution >= 0.6 is 11.8 Å². The first-order valence-corrected chi connectivity index (χ1v) is 8.41. The molecule has 1 aromatic heterocycles. The average molecular weight is 303 g/mol. The number of aromatic nitrogens is 2. The van der Waals surface area contributed by atoms with E-state index in [4.69, 9.17) is 0 Å². The second kappa shape index (κ2) is 6.10. The number of para-hydroxylation sites is 2. The molecule has 1 unspecified atom stereocenters. The molecule has 0 aliphatic heterocycles. The lowest BCUT2D eigenvalue weighted by atomic mass is 10.2. The number of thioether (sulfide) groups is 1. The van der Waals surface area contributed by atoms with Gasteiger partial charge < -0.3 is 9.88 Å². The number of carbonyl (C=O) groups excluding carboxylic acids is 1. The van der Waals surface area contributed by atoms with E-state index < -0.39 is 0 Å². The zero-order chi connectivity index (χ0) is 14.8. The highest BCUT2D eigenvalue weighted by Crippen LogP contribution is 2.26. The molecule has 1 atom stereocenters. The summed E-state index contributed by atoms with van der Waals surface area (Å²) >= 11 is 1.53. The summed E-state index contributed by atoms with van der Waals surface area (Å²) in [6.07, 6.45) is 4.71. The smallest absolute Gasteiger partial charge is 0.233 e. The minimum absolute atomic E-state index is 0.124. The van der Waals surface area contributed by atoms with E-state index in [2.05, 4.69) is 20.9 Å². The van der Waals surface area contributed by atoms with E-state index in [1.165, 1.54) is 24.6 Å². The van der Waals surface area contributed by atoms with Gasteiger partial charge in [0, 0.05) is 13.1 Å². The predicted octanol–water partition coefficient (Wildman–Crippen LogP) is 3.11. The number of benzene rings is 1. The van der Waals surface area contributed by atoms with Gasteiger partial charge in [-0.2, -0.15) is 0 Å². The highest BCUT2D eigenvalue weighted by molar-refractivity contribution is 8.00. The number of nitrogens with one attached hydrogen (secondary N) is 1. The summed E-state index contributed by atoms with van der Waals surface area (Å²) in [5.74, 6) is 0.124. The van der Waals surface area contributed by atoms with Gasteiger partial charge in [-0.3, -0.25) is 4.79 Å². The molecule has 2 aromatic rings. The molecule has 0 saturated heterocycles. The van der Waals surface area contributed by atoms with Crippen molar-refractivity contribution in [3.05, 3.63) is 24.3 Å². The molecule has 1 aromatic carbocycles. The molecule has 1 aliphatic rings. The van der Waals surface area contributed by atoms with Crippen molar-refractivity contribution in [2.45, 2.75) is 49.1 Å². The van der Waals surface area contributed by atoms with Crippen molar-refractivity contribution in [1.29, 1.82) is 0 Å². The summed E-state index contributed by atoms with van der Waals surface area (Å²) in [5.41, 5.74) is 2.08. The van der Waals surface area contributed by atoms with Crippen LogP contribution in [-0.4, -0.2) is 26.8 Å². The number of carbonyl (C=O) groups is 1. The normalized spacial score (nSPS) is 17.2. The van der Waals surface area contributed by atoms with Gasteiger partial charge in [0.1, 0.15) is 0 Å². The molecule has 0 spiro atoms. The van der Waals surface area contributed by atoms with Crippen molar-refractivity contribution < 1.29 is 4.79 Å². The molecule has 1 aliphatic carbocycles. The van der Waals surface area contributed by atoms with Gasteiger partial charge >= 0.3 is 0 Å². The van der Waals surface area contributed by atoms with Crippen LogP contribution in [0.3, 0.4) is 0 Å². The molecule has 0 bridgehead atoms. The largest absolute Gasteiger partial charge is 0.352 e. The maximum absolute atomic E-state index is 12.3. The Morgan fingerprint density at radius 2 is 2.10 bits per heavy atom. The van der Waals surface area contributed by atoms with Crippen LogP contribution in [0.5, 0.6) is 0 Å². The van der Waals surface area contributed by atoms with E-state index in [9.17, 15) is 4.79 Å². The standard InChI is InChI=1S/C16H21N3OS/c1-11(15(20)17-12-7-3-4-8-12)21-16-18-13-9-5-6-10-14(13)19(16)2/h5-6,9-12H,3-4,7-8H2,1-2H3,(H,17,20). The number of aryl methyl sites for hydroxylation is 1. The molecule has 4 nitrogen and oxygen atoms in total. The summed E-state index contributed by atoms with van der Waals surface area (Å²) < 4.78 is 2.05. The number of imidazole rings is 1. The topological polar surface area (TPSA) is 46.9 Å². The molecule has 1 heterocycles. The Hall–Kier alpha value is -1.49. The zero-order valence-electron chi connectivity index (χ0n) is 12.5. The number of nitrogens with zero attached hydrogens (tertiary/aromatic N) is 2. The Bertz CT molecular complexity index is 646. The molecule has 21 heavy (non-hydrogen) atoms. The minimum atomic E-state index is -0.124. The fourth-order valence-electron chi connectivity index (χ4n) is 2.83. The number of hydrogen-bond donors (Lipinski definition) is 1. The number of hydrogen-bond acceptors (Lipinski definition) is 3. The fourth-order valence-corrected chi connectivity index (χ4v) is 3.73. The second-order valence-electron chi connectivity index (χ2n) is 5.69. The van der Waals surface area contributed by atoms with E-state index in [1.54, 1.807) is 0 Å². The first-order chi connectivity index (χ1) is 10.1. The van der Waals surface area contributed by atoms with Crippen LogP contribution in [0.15, 0.2) is 29.4 Å². The number of rotatable bonds is 4. The van der Waals surface area contributed by atoms with Crippen LogP contribution in [-0.2, 0) is 11.8 Å². The van der Waals surface area contributed by atoms with Gasteiger partial charge in [-0.15, -0.1) is 0 Å². The van der Waals surface area contributed by atoms with Gasteiger partial charge in [0.05, 0.1) is 16.3 Å². The predicted molar refractivity (Wildman–Crippen MR) is 86.4 cm³/mol. The quantitative estimate of drug-likeness (QED) is 0.883. The average Bonchev–Trinajstić information content (AvgIpc) is 3.08. The van der Waals surface area contributed by atoms with E-state index >= 15 is 0 Å². The van der Waals surface area contributed by atoms with Gasteiger partial charge in [0.25, 0.3) is 0 Å². The molecular formula is C16H21N3OS. The molecule has 0 radical (unpaired) electrons. The highest BCUT2D eigenvalue weighted by atomic mass is 32.2.